The monoisotopic (exact) mass is 207 g/mol. The van der Waals surface area contributed by atoms with Crippen molar-refractivity contribution >= 4 is 5.97 Å². The fourth-order valence-corrected chi connectivity index (χ4v) is 1.92. The lowest BCUT2D eigenvalue weighted by Gasteiger charge is -2.10. The van der Waals surface area contributed by atoms with E-state index in [0.29, 0.717) is 0 Å². The summed E-state index contributed by atoms with van der Waals surface area (Å²) >= 11 is 0. The van der Waals surface area contributed by atoms with Crippen molar-refractivity contribution in [1.29, 1.82) is 0 Å². The number of ether oxygens (including phenoxy) is 1. The van der Waals surface area contributed by atoms with Crippen molar-refractivity contribution < 1.29 is 14.6 Å². The van der Waals surface area contributed by atoms with Crippen LogP contribution < -0.4 is 4.74 Å². The van der Waals surface area contributed by atoms with Crippen LogP contribution in [0.2, 0.25) is 0 Å². The molecule has 0 saturated carbocycles. The van der Waals surface area contributed by atoms with Gasteiger partial charge in [-0.1, -0.05) is 0 Å². The summed E-state index contributed by atoms with van der Waals surface area (Å²) in [5.74, 6) is -0.180. The Hall–Kier alpha value is -1.58. The molecule has 1 aromatic rings. The number of aliphatic carboxylic acids is 1. The summed E-state index contributed by atoms with van der Waals surface area (Å²) in [5.41, 5.74) is 1.80. The van der Waals surface area contributed by atoms with Crippen LogP contribution in [0.15, 0.2) is 12.3 Å². The Morgan fingerprint density at radius 2 is 2.40 bits per heavy atom. The largest absolute Gasteiger partial charge is 0.488 e. The second-order valence-electron chi connectivity index (χ2n) is 3.87. The molecule has 1 aromatic heterocycles. The molecule has 2 atom stereocenters. The van der Waals surface area contributed by atoms with Gasteiger partial charge in [0.2, 0.25) is 0 Å². The molecule has 0 spiro atoms. The van der Waals surface area contributed by atoms with Crippen molar-refractivity contribution in [2.45, 2.75) is 32.3 Å². The maximum absolute atomic E-state index is 10.7. The molecule has 0 unspecified atom stereocenters. The van der Waals surface area contributed by atoms with Crippen LogP contribution in [0.25, 0.3) is 0 Å². The van der Waals surface area contributed by atoms with Crippen molar-refractivity contribution in [3.63, 3.8) is 0 Å². The number of nitrogens with zero attached hydrogens (tertiary/aromatic N) is 1. The molecule has 1 N–H and O–H groups in total. The zero-order valence-electron chi connectivity index (χ0n) is 8.73. The number of rotatable bonds is 2. The molecule has 0 saturated heterocycles. The van der Waals surface area contributed by atoms with Crippen LogP contribution in [-0.4, -0.2) is 22.2 Å². The highest BCUT2D eigenvalue weighted by molar-refractivity contribution is 5.68. The molecule has 0 fully saturated rings. The van der Waals surface area contributed by atoms with E-state index in [0.717, 1.165) is 17.0 Å². The Kier molecular flexibility index (Phi) is 2.34. The highest BCUT2D eigenvalue weighted by Gasteiger charge is 2.34. The molecule has 0 aliphatic carbocycles. The number of aryl methyl sites for hydroxylation is 1. The number of fused-ring (bicyclic) bond motifs is 1. The van der Waals surface area contributed by atoms with Crippen LogP contribution in [0, 0.1) is 6.92 Å². The lowest BCUT2D eigenvalue weighted by molar-refractivity contribution is -0.137. The molecule has 15 heavy (non-hydrogen) atoms. The number of aromatic nitrogens is 1. The third kappa shape index (κ3) is 1.67. The molecule has 4 heteroatoms. The van der Waals surface area contributed by atoms with Crippen LogP contribution in [0.3, 0.4) is 0 Å². The summed E-state index contributed by atoms with van der Waals surface area (Å²) in [4.78, 5) is 14.9. The number of carboxylic acid groups (broad SMARTS) is 1. The summed E-state index contributed by atoms with van der Waals surface area (Å²) in [7, 11) is 0. The third-order valence-electron chi connectivity index (χ3n) is 2.75. The van der Waals surface area contributed by atoms with Crippen LogP contribution >= 0.6 is 0 Å². The van der Waals surface area contributed by atoms with Crippen LogP contribution in [0.5, 0.6) is 5.75 Å². The smallest absolute Gasteiger partial charge is 0.304 e. The highest BCUT2D eigenvalue weighted by Crippen LogP contribution is 2.40. The Balaban J connectivity index is 2.37. The van der Waals surface area contributed by atoms with Gasteiger partial charge in [-0.2, -0.15) is 0 Å². The van der Waals surface area contributed by atoms with Crippen molar-refractivity contribution in [3.05, 3.63) is 23.5 Å². The summed E-state index contributed by atoms with van der Waals surface area (Å²) in [6.45, 7) is 3.82. The fraction of sp³-hybridized carbons (Fsp3) is 0.455. The summed E-state index contributed by atoms with van der Waals surface area (Å²) in [6.07, 6.45) is 1.67. The average molecular weight is 207 g/mol. The van der Waals surface area contributed by atoms with E-state index in [9.17, 15) is 4.79 Å². The van der Waals surface area contributed by atoms with Crippen LogP contribution in [0.4, 0.5) is 0 Å². The minimum Gasteiger partial charge on any atom is -0.488 e. The number of carboxylic acids is 1. The van der Waals surface area contributed by atoms with Crippen LogP contribution in [0.1, 0.15) is 30.5 Å². The minimum absolute atomic E-state index is 0.0740. The second-order valence-corrected chi connectivity index (χ2v) is 3.87. The molecule has 0 aromatic carbocycles. The van der Waals surface area contributed by atoms with Gasteiger partial charge in [0.15, 0.2) is 0 Å². The lowest BCUT2D eigenvalue weighted by Crippen LogP contribution is -2.17. The first-order valence-corrected chi connectivity index (χ1v) is 4.93. The molecular weight excluding hydrogens is 194 g/mol. The highest BCUT2D eigenvalue weighted by atomic mass is 16.5. The van der Waals surface area contributed by atoms with Crippen LogP contribution in [-0.2, 0) is 4.79 Å². The molecule has 4 nitrogen and oxygen atoms in total. The first kappa shape index (κ1) is 9.96. The number of hydrogen-bond acceptors (Lipinski definition) is 3. The van der Waals surface area contributed by atoms with E-state index in [-0.39, 0.29) is 18.4 Å². The van der Waals surface area contributed by atoms with E-state index in [2.05, 4.69) is 4.98 Å². The standard InChI is InChI=1S/C11H13NO3/c1-6-3-4-12-10-8(5-9(13)14)7(2)15-11(6)10/h3-4,7-8H,5H2,1-2H3,(H,13,14)/t7-,8+/m0/s1. The average Bonchev–Trinajstić information content (AvgIpc) is 2.45. The van der Waals surface area contributed by atoms with Gasteiger partial charge in [-0.25, -0.2) is 0 Å². The first-order chi connectivity index (χ1) is 7.09. The molecule has 1 aliphatic rings. The quantitative estimate of drug-likeness (QED) is 0.802. The van der Waals surface area contributed by atoms with Crippen molar-refractivity contribution in [3.8, 4) is 5.75 Å². The molecule has 2 heterocycles. The Morgan fingerprint density at radius 3 is 3.07 bits per heavy atom. The summed E-state index contributed by atoms with van der Waals surface area (Å²) in [5, 5.41) is 8.80. The summed E-state index contributed by atoms with van der Waals surface area (Å²) < 4.78 is 5.63. The van der Waals surface area contributed by atoms with Gasteiger partial charge in [0, 0.05) is 6.20 Å². The summed E-state index contributed by atoms with van der Waals surface area (Å²) in [6, 6.07) is 1.87. The Bertz CT molecular complexity index is 403. The number of carbonyl (C=O) groups is 1. The Labute approximate surface area is 87.9 Å². The van der Waals surface area contributed by atoms with Crippen molar-refractivity contribution in [2.75, 3.05) is 0 Å². The second kappa shape index (κ2) is 3.53. The van der Waals surface area contributed by atoms with E-state index < -0.39 is 5.97 Å². The van der Waals surface area contributed by atoms with Gasteiger partial charge >= 0.3 is 5.97 Å². The van der Waals surface area contributed by atoms with Crippen molar-refractivity contribution in [1.82, 2.24) is 4.98 Å². The molecular formula is C11H13NO3. The number of pyridine rings is 1. The minimum atomic E-state index is -0.813. The normalized spacial score (nSPS) is 23.3. The van der Waals surface area contributed by atoms with Crippen molar-refractivity contribution in [2.24, 2.45) is 0 Å². The molecule has 0 bridgehead atoms. The number of hydrogen-bond donors (Lipinski definition) is 1. The zero-order valence-corrected chi connectivity index (χ0v) is 8.73. The molecule has 0 amide bonds. The topological polar surface area (TPSA) is 59.4 Å². The van der Waals surface area contributed by atoms with Gasteiger partial charge in [-0.15, -0.1) is 0 Å². The maximum atomic E-state index is 10.7. The van der Waals surface area contributed by atoms with Gasteiger partial charge in [0.05, 0.1) is 18.0 Å². The molecule has 0 radical (unpaired) electrons. The van der Waals surface area contributed by atoms with E-state index in [4.69, 9.17) is 9.84 Å². The van der Waals surface area contributed by atoms with Gasteiger partial charge in [-0.05, 0) is 25.5 Å². The maximum Gasteiger partial charge on any atom is 0.304 e. The van der Waals surface area contributed by atoms with E-state index >= 15 is 0 Å². The molecule has 2 rings (SSSR count). The van der Waals surface area contributed by atoms with Gasteiger partial charge in [0.25, 0.3) is 0 Å². The van der Waals surface area contributed by atoms with Gasteiger partial charge in [0.1, 0.15) is 11.9 Å². The molecule has 80 valence electrons. The predicted molar refractivity (Wildman–Crippen MR) is 54.1 cm³/mol. The molecule has 1 aliphatic heterocycles. The zero-order chi connectivity index (χ0) is 11.0. The first-order valence-electron chi connectivity index (χ1n) is 4.93. The third-order valence-corrected chi connectivity index (χ3v) is 2.75. The Morgan fingerprint density at radius 1 is 1.67 bits per heavy atom. The predicted octanol–water partition coefficient (Wildman–Crippen LogP) is 1.73. The van der Waals surface area contributed by atoms with Gasteiger partial charge < -0.3 is 9.84 Å². The van der Waals surface area contributed by atoms with E-state index in [1.165, 1.54) is 0 Å². The van der Waals surface area contributed by atoms with E-state index in [1.54, 1.807) is 6.20 Å². The van der Waals surface area contributed by atoms with E-state index in [1.807, 2.05) is 19.9 Å². The fourth-order valence-electron chi connectivity index (χ4n) is 1.92. The lowest BCUT2D eigenvalue weighted by atomic mass is 9.97. The van der Waals surface area contributed by atoms with Gasteiger partial charge in [-0.3, -0.25) is 9.78 Å². The SMILES string of the molecule is Cc1ccnc2c1O[C@@H](C)[C@H]2CC(=O)O.